The second-order valence-electron chi connectivity index (χ2n) is 5.22. The molecule has 2 nitrogen and oxygen atoms in total. The quantitative estimate of drug-likeness (QED) is 0.679. The second kappa shape index (κ2) is 6.84. The Kier molecular flexibility index (Phi) is 4.86. The first-order valence-electron chi connectivity index (χ1n) is 7.17. The van der Waals surface area contributed by atoms with Crippen molar-refractivity contribution in [2.24, 2.45) is 0 Å². The van der Waals surface area contributed by atoms with Crippen molar-refractivity contribution in [3.05, 3.63) is 58.6 Å². The number of anilines is 2. The van der Waals surface area contributed by atoms with E-state index in [0.717, 1.165) is 36.0 Å². The van der Waals surface area contributed by atoms with Crippen molar-refractivity contribution in [3.63, 3.8) is 0 Å². The number of benzene rings is 2. The van der Waals surface area contributed by atoms with E-state index < -0.39 is 0 Å². The Bertz CT molecular complexity index is 593. The van der Waals surface area contributed by atoms with E-state index in [9.17, 15) is 0 Å². The van der Waals surface area contributed by atoms with Gasteiger partial charge in [0.25, 0.3) is 0 Å². The smallest absolute Gasteiger partial charge is 0.0419 e. The minimum Gasteiger partial charge on any atom is -0.368 e. The van der Waals surface area contributed by atoms with E-state index in [4.69, 9.17) is 0 Å². The Hall–Kier alpha value is -1.00. The zero-order valence-corrected chi connectivity index (χ0v) is 15.0. The lowest BCUT2D eigenvalue weighted by molar-refractivity contribution is 0.652. The number of piperazine rings is 1. The molecule has 0 bridgehead atoms. The summed E-state index contributed by atoms with van der Waals surface area (Å²) in [4.78, 5) is 4.95. The maximum Gasteiger partial charge on any atom is 0.0419 e. The third-order valence-electron chi connectivity index (χ3n) is 3.93. The molecule has 4 heteroatoms. The van der Waals surface area contributed by atoms with Crippen LogP contribution in [0.5, 0.6) is 0 Å². The van der Waals surface area contributed by atoms with Crippen LogP contribution >= 0.6 is 31.9 Å². The van der Waals surface area contributed by atoms with Crippen LogP contribution in [0, 0.1) is 0 Å². The molecule has 0 N–H and O–H groups in total. The van der Waals surface area contributed by atoms with Crippen LogP contribution in [0.3, 0.4) is 0 Å². The number of hydrogen-bond donors (Lipinski definition) is 0. The highest BCUT2D eigenvalue weighted by molar-refractivity contribution is 9.10. The first-order valence-corrected chi connectivity index (χ1v) is 9.09. The molecule has 0 aliphatic carbocycles. The second-order valence-corrected chi connectivity index (χ2v) is 6.69. The van der Waals surface area contributed by atoms with Gasteiger partial charge in [0.15, 0.2) is 0 Å². The predicted octanol–water partition coefficient (Wildman–Crippen LogP) is 4.67. The molecule has 2 aromatic rings. The lowest BCUT2D eigenvalue weighted by Gasteiger charge is -2.38. The molecule has 1 aliphatic rings. The minimum atomic E-state index is 0.897. The molecule has 3 rings (SSSR count). The summed E-state index contributed by atoms with van der Waals surface area (Å²) < 4.78 is 1.15. The van der Waals surface area contributed by atoms with Gasteiger partial charge in [0.2, 0.25) is 0 Å². The van der Waals surface area contributed by atoms with Crippen molar-refractivity contribution < 1.29 is 0 Å². The molecule has 0 amide bonds. The van der Waals surface area contributed by atoms with Crippen LogP contribution < -0.4 is 9.80 Å². The van der Waals surface area contributed by atoms with Crippen molar-refractivity contribution in [2.45, 2.75) is 5.33 Å². The molecule has 0 spiro atoms. The highest BCUT2D eigenvalue weighted by Crippen LogP contribution is 2.28. The Balaban J connectivity index is 1.73. The topological polar surface area (TPSA) is 6.48 Å². The molecule has 0 aromatic heterocycles. The first kappa shape index (κ1) is 14.9. The fourth-order valence-corrected chi connectivity index (χ4v) is 3.61. The number of halogens is 2. The third-order valence-corrected chi connectivity index (χ3v) is 5.03. The van der Waals surface area contributed by atoms with Crippen LogP contribution in [-0.2, 0) is 5.33 Å². The van der Waals surface area contributed by atoms with Gasteiger partial charge in [0.05, 0.1) is 0 Å². The van der Waals surface area contributed by atoms with E-state index in [1.54, 1.807) is 0 Å². The summed E-state index contributed by atoms with van der Waals surface area (Å²) in [5.41, 5.74) is 4.02. The summed E-state index contributed by atoms with van der Waals surface area (Å²) in [6, 6.07) is 17.2. The normalized spacial score (nSPS) is 15.3. The van der Waals surface area contributed by atoms with Crippen molar-refractivity contribution in [1.29, 1.82) is 0 Å². The van der Waals surface area contributed by atoms with Gasteiger partial charge >= 0.3 is 0 Å². The van der Waals surface area contributed by atoms with Crippen molar-refractivity contribution in [2.75, 3.05) is 36.0 Å². The number of nitrogens with zero attached hydrogens (tertiary/aromatic N) is 2. The fourth-order valence-electron chi connectivity index (χ4n) is 2.79. The highest BCUT2D eigenvalue weighted by atomic mass is 79.9. The first-order chi connectivity index (χ1) is 10.3. The van der Waals surface area contributed by atoms with Crippen LogP contribution in [0.25, 0.3) is 0 Å². The summed E-state index contributed by atoms with van der Waals surface area (Å²) in [5.74, 6) is 0. The van der Waals surface area contributed by atoms with Gasteiger partial charge in [-0.05, 0) is 29.8 Å². The molecule has 0 unspecified atom stereocenters. The minimum absolute atomic E-state index is 0.897. The van der Waals surface area contributed by atoms with Gasteiger partial charge in [-0.3, -0.25) is 0 Å². The average molecular weight is 410 g/mol. The van der Waals surface area contributed by atoms with Gasteiger partial charge < -0.3 is 9.80 Å². The largest absolute Gasteiger partial charge is 0.368 e. The summed E-state index contributed by atoms with van der Waals surface area (Å²) >= 11 is 7.18. The molecule has 0 saturated carbocycles. The molecule has 110 valence electrons. The number of rotatable bonds is 3. The van der Waals surface area contributed by atoms with Crippen LogP contribution in [0.4, 0.5) is 11.4 Å². The highest BCUT2D eigenvalue weighted by Gasteiger charge is 2.19. The zero-order chi connectivity index (χ0) is 14.7. The number of hydrogen-bond acceptors (Lipinski definition) is 2. The number of alkyl halides is 1. The van der Waals surface area contributed by atoms with Gasteiger partial charge in [-0.25, -0.2) is 0 Å². The standard InChI is InChI=1S/C17H18Br2N2/c18-13-14-6-7-15(19)12-17(14)21-10-8-20(9-11-21)16-4-2-1-3-5-16/h1-7,12H,8-11,13H2. The van der Waals surface area contributed by atoms with E-state index in [2.05, 4.69) is 90.2 Å². The molecule has 1 aliphatic heterocycles. The van der Waals surface area contributed by atoms with Crippen LogP contribution in [0.1, 0.15) is 5.56 Å². The van der Waals surface area contributed by atoms with E-state index in [1.807, 2.05) is 0 Å². The van der Waals surface area contributed by atoms with Crippen molar-refractivity contribution in [3.8, 4) is 0 Å². The molecule has 1 fully saturated rings. The Labute approximate surface area is 143 Å². The van der Waals surface area contributed by atoms with Crippen molar-refractivity contribution in [1.82, 2.24) is 0 Å². The Morgan fingerprint density at radius 1 is 0.857 bits per heavy atom. The molecular weight excluding hydrogens is 392 g/mol. The van der Waals surface area contributed by atoms with Gasteiger partial charge in [-0.15, -0.1) is 0 Å². The van der Waals surface area contributed by atoms with Gasteiger partial charge in [0, 0.05) is 47.4 Å². The SMILES string of the molecule is BrCc1ccc(Br)cc1N1CCN(c2ccccc2)CC1. The van der Waals surface area contributed by atoms with Crippen LogP contribution in [0.15, 0.2) is 53.0 Å². The third kappa shape index (κ3) is 3.43. The maximum absolute atomic E-state index is 3.60. The molecular formula is C17H18Br2N2. The van der Waals surface area contributed by atoms with Crippen molar-refractivity contribution >= 4 is 43.2 Å². The van der Waals surface area contributed by atoms with Crippen LogP contribution in [-0.4, -0.2) is 26.2 Å². The summed E-state index contributed by atoms with van der Waals surface area (Å²) in [7, 11) is 0. The lowest BCUT2D eigenvalue weighted by Crippen LogP contribution is -2.46. The Morgan fingerprint density at radius 2 is 1.52 bits per heavy atom. The molecule has 2 aromatic carbocycles. The number of para-hydroxylation sites is 1. The monoisotopic (exact) mass is 408 g/mol. The molecule has 0 radical (unpaired) electrons. The van der Waals surface area contributed by atoms with E-state index in [0.29, 0.717) is 0 Å². The van der Waals surface area contributed by atoms with Gasteiger partial charge in [-0.2, -0.15) is 0 Å². The van der Waals surface area contributed by atoms with E-state index >= 15 is 0 Å². The lowest BCUT2D eigenvalue weighted by atomic mass is 10.1. The molecule has 1 heterocycles. The summed E-state index contributed by atoms with van der Waals surface area (Å²) in [6.07, 6.45) is 0. The predicted molar refractivity (Wildman–Crippen MR) is 97.6 cm³/mol. The average Bonchev–Trinajstić information content (AvgIpc) is 2.56. The van der Waals surface area contributed by atoms with Crippen LogP contribution in [0.2, 0.25) is 0 Å². The fraction of sp³-hybridized carbons (Fsp3) is 0.294. The molecule has 0 atom stereocenters. The van der Waals surface area contributed by atoms with E-state index in [1.165, 1.54) is 16.9 Å². The summed E-state index contributed by atoms with van der Waals surface area (Å²) in [5, 5.41) is 0.897. The Morgan fingerprint density at radius 3 is 2.19 bits per heavy atom. The molecule has 21 heavy (non-hydrogen) atoms. The van der Waals surface area contributed by atoms with Gasteiger partial charge in [-0.1, -0.05) is 56.1 Å². The van der Waals surface area contributed by atoms with E-state index in [-0.39, 0.29) is 0 Å². The zero-order valence-electron chi connectivity index (χ0n) is 11.8. The molecule has 1 saturated heterocycles. The maximum atomic E-state index is 3.60. The van der Waals surface area contributed by atoms with Gasteiger partial charge in [0.1, 0.15) is 0 Å². The summed E-state index contributed by atoms with van der Waals surface area (Å²) in [6.45, 7) is 4.26.